The molecule has 0 saturated carbocycles. The number of aromatic nitrogens is 2. The number of carbonyl (C=O) groups excluding carboxylic acids is 1. The molecule has 1 amide bonds. The van der Waals surface area contributed by atoms with Gasteiger partial charge in [-0.05, 0) is 32.0 Å². The Morgan fingerprint density at radius 1 is 1.59 bits per heavy atom. The Kier molecular flexibility index (Phi) is 3.58. The molecule has 0 aliphatic heterocycles. The number of hydrogen-bond donors (Lipinski definition) is 1. The van der Waals surface area contributed by atoms with Gasteiger partial charge in [0.1, 0.15) is 0 Å². The van der Waals surface area contributed by atoms with E-state index in [2.05, 4.69) is 10.4 Å². The second-order valence-corrected chi connectivity index (χ2v) is 5.30. The molecule has 1 N–H and O–H groups in total. The van der Waals surface area contributed by atoms with Crippen LogP contribution in [0.3, 0.4) is 0 Å². The first-order valence-corrected chi connectivity index (χ1v) is 6.31. The molecule has 0 aromatic carbocycles. The highest BCUT2D eigenvalue weighted by atomic mass is 32.1. The predicted octanol–water partition coefficient (Wildman–Crippen LogP) is 2.07. The molecule has 2 aromatic rings. The molecule has 0 aliphatic rings. The van der Waals surface area contributed by atoms with Crippen LogP contribution in [0, 0.1) is 6.92 Å². The molecule has 1 atom stereocenters. The Hall–Kier alpha value is -1.62. The predicted molar refractivity (Wildman–Crippen MR) is 68.2 cm³/mol. The lowest BCUT2D eigenvalue weighted by Crippen LogP contribution is -2.35. The van der Waals surface area contributed by atoms with Crippen molar-refractivity contribution in [1.82, 2.24) is 15.1 Å². The van der Waals surface area contributed by atoms with Crippen LogP contribution in [0.5, 0.6) is 0 Å². The number of carbonyl (C=O) groups is 1. The highest BCUT2D eigenvalue weighted by Gasteiger charge is 2.11. The maximum atomic E-state index is 11.9. The third-order valence-electron chi connectivity index (χ3n) is 2.36. The van der Waals surface area contributed by atoms with Gasteiger partial charge >= 0.3 is 0 Å². The number of aryl methyl sites for hydroxylation is 1. The van der Waals surface area contributed by atoms with Gasteiger partial charge in [-0.1, -0.05) is 0 Å². The van der Waals surface area contributed by atoms with Crippen molar-refractivity contribution in [3.05, 3.63) is 40.3 Å². The van der Waals surface area contributed by atoms with Gasteiger partial charge in [0.15, 0.2) is 0 Å². The second kappa shape index (κ2) is 5.14. The molecule has 0 spiro atoms. The third-order valence-corrected chi connectivity index (χ3v) is 3.36. The maximum Gasteiger partial charge on any atom is 0.261 e. The molecule has 0 radical (unpaired) electrons. The minimum absolute atomic E-state index is 0.0113. The average molecular weight is 249 g/mol. The largest absolute Gasteiger partial charge is 0.347 e. The number of nitrogens with zero attached hydrogens (tertiary/aromatic N) is 2. The summed E-state index contributed by atoms with van der Waals surface area (Å²) in [6.45, 7) is 4.65. The quantitative estimate of drug-likeness (QED) is 0.901. The molecule has 2 rings (SSSR count). The molecule has 0 aliphatic carbocycles. The second-order valence-electron chi connectivity index (χ2n) is 4.01. The minimum Gasteiger partial charge on any atom is -0.347 e. The minimum atomic E-state index is -0.0113. The molecule has 90 valence electrons. The van der Waals surface area contributed by atoms with Crippen LogP contribution < -0.4 is 5.32 Å². The summed E-state index contributed by atoms with van der Waals surface area (Å²) in [4.78, 5) is 13.8. The molecular weight excluding hydrogens is 234 g/mol. The Balaban J connectivity index is 1.90. The van der Waals surface area contributed by atoms with Crippen LogP contribution in [-0.4, -0.2) is 21.7 Å². The highest BCUT2D eigenvalue weighted by molar-refractivity contribution is 7.13. The number of nitrogens with one attached hydrogen (secondary N) is 1. The van der Waals surface area contributed by atoms with Crippen LogP contribution in [0.1, 0.15) is 21.5 Å². The molecule has 0 unspecified atom stereocenters. The van der Waals surface area contributed by atoms with Gasteiger partial charge in [0.25, 0.3) is 5.91 Å². The van der Waals surface area contributed by atoms with Crippen molar-refractivity contribution in [2.75, 3.05) is 0 Å². The van der Waals surface area contributed by atoms with Crippen LogP contribution in [0.4, 0.5) is 0 Å². The fraction of sp³-hybridized carbons (Fsp3) is 0.333. The lowest BCUT2D eigenvalue weighted by atomic mass is 10.3. The zero-order chi connectivity index (χ0) is 12.3. The summed E-state index contributed by atoms with van der Waals surface area (Å²) in [5, 5.41) is 7.07. The number of amides is 1. The van der Waals surface area contributed by atoms with E-state index in [0.29, 0.717) is 6.54 Å². The molecule has 2 heterocycles. The third kappa shape index (κ3) is 3.17. The summed E-state index contributed by atoms with van der Waals surface area (Å²) in [6.07, 6.45) is 3.62. The van der Waals surface area contributed by atoms with E-state index in [0.717, 1.165) is 9.75 Å². The smallest absolute Gasteiger partial charge is 0.261 e. The van der Waals surface area contributed by atoms with Gasteiger partial charge in [-0.3, -0.25) is 9.48 Å². The van der Waals surface area contributed by atoms with Gasteiger partial charge < -0.3 is 5.32 Å². The Morgan fingerprint density at radius 2 is 2.41 bits per heavy atom. The van der Waals surface area contributed by atoms with E-state index in [-0.39, 0.29) is 11.9 Å². The summed E-state index contributed by atoms with van der Waals surface area (Å²) >= 11 is 1.51. The van der Waals surface area contributed by atoms with Crippen molar-refractivity contribution in [3.8, 4) is 0 Å². The lowest BCUT2D eigenvalue weighted by molar-refractivity contribution is 0.0940. The molecule has 0 bridgehead atoms. The van der Waals surface area contributed by atoms with E-state index in [1.165, 1.54) is 11.3 Å². The van der Waals surface area contributed by atoms with E-state index in [1.807, 2.05) is 42.9 Å². The number of rotatable bonds is 4. The van der Waals surface area contributed by atoms with E-state index < -0.39 is 0 Å². The normalized spacial score (nSPS) is 12.4. The summed E-state index contributed by atoms with van der Waals surface area (Å²) in [5.41, 5.74) is 0. The van der Waals surface area contributed by atoms with Gasteiger partial charge in [0.05, 0.1) is 11.4 Å². The fourth-order valence-electron chi connectivity index (χ4n) is 1.59. The summed E-state index contributed by atoms with van der Waals surface area (Å²) < 4.78 is 1.81. The van der Waals surface area contributed by atoms with Crippen molar-refractivity contribution in [3.63, 3.8) is 0 Å². The Bertz CT molecular complexity index is 490. The van der Waals surface area contributed by atoms with Gasteiger partial charge in [-0.2, -0.15) is 5.10 Å². The van der Waals surface area contributed by atoms with Crippen LogP contribution in [0.25, 0.3) is 0 Å². The molecule has 2 aromatic heterocycles. The molecule has 17 heavy (non-hydrogen) atoms. The number of thiophene rings is 1. The van der Waals surface area contributed by atoms with Gasteiger partial charge in [-0.25, -0.2) is 0 Å². The fourth-order valence-corrected chi connectivity index (χ4v) is 2.36. The molecule has 0 fully saturated rings. The van der Waals surface area contributed by atoms with Gasteiger partial charge in [-0.15, -0.1) is 11.3 Å². The SMILES string of the molecule is Cc1ccc(C(=O)N[C@H](C)Cn2cccn2)s1. The van der Waals surface area contributed by atoms with Crippen molar-refractivity contribution < 1.29 is 4.79 Å². The molecule has 4 nitrogen and oxygen atoms in total. The van der Waals surface area contributed by atoms with Gasteiger partial charge in [0, 0.05) is 23.3 Å². The first-order valence-electron chi connectivity index (χ1n) is 5.50. The van der Waals surface area contributed by atoms with Gasteiger partial charge in [0.2, 0.25) is 0 Å². The average Bonchev–Trinajstić information content (AvgIpc) is 2.89. The van der Waals surface area contributed by atoms with E-state index in [1.54, 1.807) is 6.20 Å². The van der Waals surface area contributed by atoms with Crippen molar-refractivity contribution in [2.24, 2.45) is 0 Å². The molecule has 5 heteroatoms. The zero-order valence-electron chi connectivity index (χ0n) is 9.88. The summed E-state index contributed by atoms with van der Waals surface area (Å²) in [6, 6.07) is 5.75. The molecule has 0 saturated heterocycles. The highest BCUT2D eigenvalue weighted by Crippen LogP contribution is 2.14. The Morgan fingerprint density at radius 3 is 3.00 bits per heavy atom. The summed E-state index contributed by atoms with van der Waals surface area (Å²) in [7, 11) is 0. The van der Waals surface area contributed by atoms with Crippen molar-refractivity contribution in [1.29, 1.82) is 0 Å². The van der Waals surface area contributed by atoms with E-state index in [4.69, 9.17) is 0 Å². The first-order chi connectivity index (χ1) is 8.15. The van der Waals surface area contributed by atoms with Crippen LogP contribution in [0.15, 0.2) is 30.6 Å². The monoisotopic (exact) mass is 249 g/mol. The Labute approximate surface area is 104 Å². The van der Waals surface area contributed by atoms with Crippen molar-refractivity contribution >= 4 is 17.2 Å². The van der Waals surface area contributed by atoms with E-state index in [9.17, 15) is 4.79 Å². The summed E-state index contributed by atoms with van der Waals surface area (Å²) in [5.74, 6) is -0.0113. The maximum absolute atomic E-state index is 11.9. The van der Waals surface area contributed by atoms with Crippen molar-refractivity contribution in [2.45, 2.75) is 26.4 Å². The van der Waals surface area contributed by atoms with Crippen LogP contribution in [0.2, 0.25) is 0 Å². The molecular formula is C12H15N3OS. The standard InChI is InChI=1S/C12H15N3OS/c1-9(8-15-7-3-6-13-15)14-12(16)11-5-4-10(2)17-11/h3-7,9H,8H2,1-2H3,(H,14,16)/t9-/m1/s1. The number of hydrogen-bond acceptors (Lipinski definition) is 3. The first kappa shape index (κ1) is 11.9. The lowest BCUT2D eigenvalue weighted by Gasteiger charge is -2.13. The topological polar surface area (TPSA) is 46.9 Å². The van der Waals surface area contributed by atoms with E-state index >= 15 is 0 Å². The zero-order valence-corrected chi connectivity index (χ0v) is 10.7. The van der Waals surface area contributed by atoms with Crippen LogP contribution >= 0.6 is 11.3 Å². The van der Waals surface area contributed by atoms with Crippen LogP contribution in [-0.2, 0) is 6.54 Å².